The summed E-state index contributed by atoms with van der Waals surface area (Å²) in [6.07, 6.45) is 0. The summed E-state index contributed by atoms with van der Waals surface area (Å²) in [7, 11) is 0. The molecule has 0 atom stereocenters. The first kappa shape index (κ1) is 15.6. The summed E-state index contributed by atoms with van der Waals surface area (Å²) in [4.78, 5) is 22.7. The van der Waals surface area contributed by atoms with Crippen molar-refractivity contribution in [2.24, 2.45) is 5.92 Å². The molecule has 0 unspecified atom stereocenters. The van der Waals surface area contributed by atoms with Crippen LogP contribution in [0.15, 0.2) is 24.3 Å². The lowest BCUT2D eigenvalue weighted by molar-refractivity contribution is -0.114. The quantitative estimate of drug-likeness (QED) is 0.842. The molecule has 0 aliphatic rings. The monoisotopic (exact) mass is 280 g/mol. The van der Waals surface area contributed by atoms with Crippen molar-refractivity contribution in [2.75, 3.05) is 22.1 Å². The Kier molecular flexibility index (Phi) is 6.42. The van der Waals surface area contributed by atoms with Gasteiger partial charge in [-0.15, -0.1) is 0 Å². The zero-order chi connectivity index (χ0) is 14.3. The van der Waals surface area contributed by atoms with E-state index in [0.29, 0.717) is 23.0 Å². The molecule has 0 aliphatic heterocycles. The maximum Gasteiger partial charge on any atom is 0.234 e. The van der Waals surface area contributed by atoms with Crippen LogP contribution in [0.25, 0.3) is 0 Å². The Bertz CT molecular complexity index is 447. The van der Waals surface area contributed by atoms with Crippen molar-refractivity contribution in [3.8, 4) is 0 Å². The van der Waals surface area contributed by atoms with E-state index in [1.54, 1.807) is 36.0 Å². The van der Waals surface area contributed by atoms with Gasteiger partial charge in [0.15, 0.2) is 0 Å². The fraction of sp³-hybridized carbons (Fsp3) is 0.429. The fourth-order valence-electron chi connectivity index (χ4n) is 1.46. The van der Waals surface area contributed by atoms with Gasteiger partial charge in [-0.1, -0.05) is 19.9 Å². The molecule has 0 fully saturated rings. The van der Waals surface area contributed by atoms with Gasteiger partial charge >= 0.3 is 0 Å². The fourth-order valence-corrected chi connectivity index (χ4v) is 2.31. The van der Waals surface area contributed by atoms with Crippen molar-refractivity contribution in [1.29, 1.82) is 0 Å². The number of amides is 2. The molecule has 104 valence electrons. The largest absolute Gasteiger partial charge is 0.326 e. The highest BCUT2D eigenvalue weighted by molar-refractivity contribution is 7.99. The standard InChI is InChI=1S/C14H20N2O2S/c1-10(2)8-19-9-14(18)16-13-6-4-5-12(7-13)15-11(3)17/h4-7,10H,8-9H2,1-3H3,(H,15,17)(H,16,18). The third-order valence-electron chi connectivity index (χ3n) is 2.15. The van der Waals surface area contributed by atoms with E-state index in [-0.39, 0.29) is 11.8 Å². The maximum atomic E-state index is 11.7. The average molecular weight is 280 g/mol. The first-order chi connectivity index (χ1) is 8.97. The highest BCUT2D eigenvalue weighted by atomic mass is 32.2. The second-order valence-corrected chi connectivity index (χ2v) is 5.75. The van der Waals surface area contributed by atoms with E-state index in [4.69, 9.17) is 0 Å². The van der Waals surface area contributed by atoms with Gasteiger partial charge in [-0.05, 0) is 29.9 Å². The molecule has 0 saturated carbocycles. The molecule has 0 spiro atoms. The molecule has 0 radical (unpaired) electrons. The van der Waals surface area contributed by atoms with Crippen molar-refractivity contribution in [3.05, 3.63) is 24.3 Å². The number of nitrogens with one attached hydrogen (secondary N) is 2. The van der Waals surface area contributed by atoms with Crippen LogP contribution in [0.1, 0.15) is 20.8 Å². The second-order valence-electron chi connectivity index (χ2n) is 4.72. The highest BCUT2D eigenvalue weighted by Gasteiger charge is 2.04. The average Bonchev–Trinajstić information content (AvgIpc) is 2.27. The van der Waals surface area contributed by atoms with E-state index in [2.05, 4.69) is 24.5 Å². The smallest absolute Gasteiger partial charge is 0.234 e. The molecule has 4 nitrogen and oxygen atoms in total. The van der Waals surface area contributed by atoms with Crippen molar-refractivity contribution in [2.45, 2.75) is 20.8 Å². The van der Waals surface area contributed by atoms with Crippen LogP contribution in [0.2, 0.25) is 0 Å². The minimum atomic E-state index is -0.129. The number of hydrogen-bond acceptors (Lipinski definition) is 3. The lowest BCUT2D eigenvalue weighted by atomic mass is 10.2. The molecule has 2 amide bonds. The Balaban J connectivity index is 2.47. The minimum Gasteiger partial charge on any atom is -0.326 e. The summed E-state index contributed by atoms with van der Waals surface area (Å²) in [5.41, 5.74) is 1.38. The van der Waals surface area contributed by atoms with E-state index in [1.165, 1.54) is 6.92 Å². The van der Waals surface area contributed by atoms with Gasteiger partial charge in [-0.2, -0.15) is 11.8 Å². The minimum absolute atomic E-state index is 0.0226. The lowest BCUT2D eigenvalue weighted by Gasteiger charge is -2.08. The van der Waals surface area contributed by atoms with Crippen LogP contribution in [0.4, 0.5) is 11.4 Å². The van der Waals surface area contributed by atoms with Gasteiger partial charge in [-0.25, -0.2) is 0 Å². The van der Waals surface area contributed by atoms with E-state index >= 15 is 0 Å². The Morgan fingerprint density at radius 3 is 2.42 bits per heavy atom. The van der Waals surface area contributed by atoms with Gasteiger partial charge in [-0.3, -0.25) is 9.59 Å². The number of rotatable bonds is 6. The zero-order valence-corrected chi connectivity index (χ0v) is 12.3. The van der Waals surface area contributed by atoms with Gasteiger partial charge < -0.3 is 10.6 Å². The van der Waals surface area contributed by atoms with Gasteiger partial charge in [0.1, 0.15) is 0 Å². The van der Waals surface area contributed by atoms with Crippen LogP contribution in [-0.2, 0) is 9.59 Å². The number of thioether (sulfide) groups is 1. The van der Waals surface area contributed by atoms with Crippen molar-refractivity contribution in [3.63, 3.8) is 0 Å². The lowest BCUT2D eigenvalue weighted by Crippen LogP contribution is -2.15. The molecule has 1 aromatic rings. The van der Waals surface area contributed by atoms with E-state index in [9.17, 15) is 9.59 Å². The number of carbonyl (C=O) groups is 2. The molecule has 0 aromatic heterocycles. The Morgan fingerprint density at radius 1 is 1.21 bits per heavy atom. The molecule has 5 heteroatoms. The molecular weight excluding hydrogens is 260 g/mol. The first-order valence-corrected chi connectivity index (χ1v) is 7.38. The Labute approximate surface area is 118 Å². The van der Waals surface area contributed by atoms with Gasteiger partial charge in [0, 0.05) is 18.3 Å². The molecule has 1 aromatic carbocycles. The van der Waals surface area contributed by atoms with Crippen LogP contribution >= 0.6 is 11.8 Å². The van der Waals surface area contributed by atoms with Crippen molar-refractivity contribution < 1.29 is 9.59 Å². The molecule has 0 heterocycles. The Hall–Kier alpha value is -1.49. The van der Waals surface area contributed by atoms with E-state index in [1.807, 2.05) is 0 Å². The number of anilines is 2. The summed E-state index contributed by atoms with van der Waals surface area (Å²) in [6, 6.07) is 7.12. The number of carbonyl (C=O) groups excluding carboxylic acids is 2. The number of hydrogen-bond donors (Lipinski definition) is 2. The first-order valence-electron chi connectivity index (χ1n) is 6.22. The molecule has 0 saturated heterocycles. The van der Waals surface area contributed by atoms with E-state index < -0.39 is 0 Å². The molecule has 0 bridgehead atoms. The van der Waals surface area contributed by atoms with Crippen molar-refractivity contribution >= 4 is 35.0 Å². The zero-order valence-electron chi connectivity index (χ0n) is 11.5. The van der Waals surface area contributed by atoms with Crippen LogP contribution in [0.3, 0.4) is 0 Å². The third kappa shape index (κ3) is 6.86. The molecular formula is C14H20N2O2S. The summed E-state index contributed by atoms with van der Waals surface area (Å²) < 4.78 is 0. The highest BCUT2D eigenvalue weighted by Crippen LogP contribution is 2.15. The Morgan fingerprint density at radius 2 is 1.84 bits per heavy atom. The predicted molar refractivity (Wildman–Crippen MR) is 81.5 cm³/mol. The topological polar surface area (TPSA) is 58.2 Å². The summed E-state index contributed by atoms with van der Waals surface area (Å²) >= 11 is 1.62. The summed E-state index contributed by atoms with van der Waals surface area (Å²) in [5, 5.41) is 5.50. The van der Waals surface area contributed by atoms with E-state index in [0.717, 1.165) is 5.75 Å². The summed E-state index contributed by atoms with van der Waals surface area (Å²) in [5.74, 6) is 1.85. The second kappa shape index (κ2) is 7.84. The van der Waals surface area contributed by atoms with Gasteiger partial charge in [0.05, 0.1) is 5.75 Å². The molecule has 2 N–H and O–H groups in total. The van der Waals surface area contributed by atoms with Crippen molar-refractivity contribution in [1.82, 2.24) is 0 Å². The van der Waals surface area contributed by atoms with Crippen LogP contribution < -0.4 is 10.6 Å². The van der Waals surface area contributed by atoms with Crippen LogP contribution in [-0.4, -0.2) is 23.3 Å². The van der Waals surface area contributed by atoms with Crippen LogP contribution in [0, 0.1) is 5.92 Å². The predicted octanol–water partition coefficient (Wildman–Crippen LogP) is 2.97. The van der Waals surface area contributed by atoms with Gasteiger partial charge in [0.25, 0.3) is 0 Å². The summed E-state index contributed by atoms with van der Waals surface area (Å²) in [6.45, 7) is 5.71. The molecule has 0 aliphatic carbocycles. The normalized spacial score (nSPS) is 10.3. The van der Waals surface area contributed by atoms with Gasteiger partial charge in [0.2, 0.25) is 11.8 Å². The molecule has 19 heavy (non-hydrogen) atoms. The third-order valence-corrected chi connectivity index (χ3v) is 3.52. The number of benzene rings is 1. The van der Waals surface area contributed by atoms with Crippen LogP contribution in [0.5, 0.6) is 0 Å². The maximum absolute atomic E-state index is 11.7. The SMILES string of the molecule is CC(=O)Nc1cccc(NC(=O)CSCC(C)C)c1. The molecule has 1 rings (SSSR count).